The lowest BCUT2D eigenvalue weighted by Crippen LogP contribution is -2.20. The van der Waals surface area contributed by atoms with Crippen LogP contribution in [0.4, 0.5) is 0 Å². The van der Waals surface area contributed by atoms with Crippen LogP contribution in [0.1, 0.15) is 17.2 Å². The largest absolute Gasteiger partial charge is 0.367 e. The van der Waals surface area contributed by atoms with Crippen molar-refractivity contribution in [2.45, 2.75) is 6.10 Å². The third-order valence-corrected chi connectivity index (χ3v) is 3.63. The van der Waals surface area contributed by atoms with Crippen LogP contribution < -0.4 is 0 Å². The van der Waals surface area contributed by atoms with Crippen LogP contribution in [0.15, 0.2) is 59.1 Å². The maximum Gasteiger partial charge on any atom is 0.108 e. The highest BCUT2D eigenvalue weighted by molar-refractivity contribution is 9.10. The summed E-state index contributed by atoms with van der Waals surface area (Å²) in [6.45, 7) is 1.63. The van der Waals surface area contributed by atoms with Crippen LogP contribution in [-0.2, 0) is 4.74 Å². The normalized spacial score (nSPS) is 12.6. The minimum Gasteiger partial charge on any atom is -0.367 e. The Morgan fingerprint density at radius 2 is 1.55 bits per heavy atom. The second-order valence-corrected chi connectivity index (χ2v) is 5.93. The van der Waals surface area contributed by atoms with Crippen molar-refractivity contribution in [3.8, 4) is 0 Å². The Morgan fingerprint density at radius 3 is 2.15 bits per heavy atom. The lowest BCUT2D eigenvalue weighted by atomic mass is 10.0. The number of rotatable bonds is 6. The van der Waals surface area contributed by atoms with Crippen molar-refractivity contribution in [1.82, 2.24) is 4.90 Å². The second-order valence-electron chi connectivity index (χ2n) is 5.02. The molecule has 2 aromatic rings. The molecule has 1 atom stereocenters. The number of benzene rings is 2. The third-order valence-electron chi connectivity index (χ3n) is 3.10. The van der Waals surface area contributed by atoms with Gasteiger partial charge in [0.15, 0.2) is 0 Å². The molecule has 0 fully saturated rings. The maximum atomic E-state index is 6.11. The molecule has 0 aromatic heterocycles. The fraction of sp³-hybridized carbons (Fsp3) is 0.294. The van der Waals surface area contributed by atoms with E-state index in [0.29, 0.717) is 6.61 Å². The molecule has 1 unspecified atom stereocenters. The predicted octanol–water partition coefficient (Wildman–Crippen LogP) is 4.12. The van der Waals surface area contributed by atoms with Gasteiger partial charge in [0.1, 0.15) is 6.10 Å². The van der Waals surface area contributed by atoms with E-state index >= 15 is 0 Å². The quantitative estimate of drug-likeness (QED) is 0.788. The van der Waals surface area contributed by atoms with Gasteiger partial charge in [0, 0.05) is 11.0 Å². The number of ether oxygens (including phenoxy) is 1. The predicted molar refractivity (Wildman–Crippen MR) is 86.9 cm³/mol. The molecule has 0 bridgehead atoms. The van der Waals surface area contributed by atoms with Crippen molar-refractivity contribution >= 4 is 15.9 Å². The Kier molecular flexibility index (Phi) is 5.77. The molecule has 106 valence electrons. The van der Waals surface area contributed by atoms with E-state index in [1.165, 1.54) is 11.1 Å². The van der Waals surface area contributed by atoms with Gasteiger partial charge in [0.25, 0.3) is 0 Å². The van der Waals surface area contributed by atoms with E-state index in [-0.39, 0.29) is 6.10 Å². The molecule has 0 aliphatic carbocycles. The van der Waals surface area contributed by atoms with Gasteiger partial charge >= 0.3 is 0 Å². The van der Waals surface area contributed by atoms with Gasteiger partial charge in [0.05, 0.1) is 6.61 Å². The van der Waals surface area contributed by atoms with Crippen LogP contribution in [0, 0.1) is 0 Å². The van der Waals surface area contributed by atoms with Gasteiger partial charge in [0.2, 0.25) is 0 Å². The molecule has 2 aromatic carbocycles. The number of likely N-dealkylation sites (N-methyl/N-ethyl adjacent to an activating group) is 1. The zero-order valence-electron chi connectivity index (χ0n) is 11.9. The van der Waals surface area contributed by atoms with E-state index in [0.717, 1.165) is 11.0 Å². The Bertz CT molecular complexity index is 510. The summed E-state index contributed by atoms with van der Waals surface area (Å²) in [4.78, 5) is 2.13. The van der Waals surface area contributed by atoms with Gasteiger partial charge in [-0.3, -0.25) is 0 Å². The standard InChI is InChI=1S/C17H20BrNO/c1-19(2)12-13-20-17(14-6-4-3-5-7-14)15-8-10-16(18)11-9-15/h3-11,17H,12-13H2,1-2H3. The molecule has 0 radical (unpaired) electrons. The summed E-state index contributed by atoms with van der Waals surface area (Å²) in [7, 11) is 4.11. The van der Waals surface area contributed by atoms with E-state index in [9.17, 15) is 0 Å². The van der Waals surface area contributed by atoms with Crippen molar-refractivity contribution in [2.75, 3.05) is 27.2 Å². The van der Waals surface area contributed by atoms with Crippen LogP contribution in [0.25, 0.3) is 0 Å². The number of nitrogens with zero attached hydrogens (tertiary/aromatic N) is 1. The summed E-state index contributed by atoms with van der Waals surface area (Å²) in [6, 6.07) is 18.7. The summed E-state index contributed by atoms with van der Waals surface area (Å²) >= 11 is 3.48. The van der Waals surface area contributed by atoms with Crippen molar-refractivity contribution in [1.29, 1.82) is 0 Å². The molecule has 20 heavy (non-hydrogen) atoms. The number of hydrogen-bond acceptors (Lipinski definition) is 2. The molecule has 0 aliphatic heterocycles. The Hall–Kier alpha value is -1.16. The van der Waals surface area contributed by atoms with Gasteiger partial charge in [-0.15, -0.1) is 0 Å². The molecule has 0 heterocycles. The Labute approximate surface area is 129 Å². The molecular formula is C17H20BrNO. The summed E-state index contributed by atoms with van der Waals surface area (Å²) in [5, 5.41) is 0. The monoisotopic (exact) mass is 333 g/mol. The van der Waals surface area contributed by atoms with E-state index in [2.05, 4.69) is 83.5 Å². The minimum absolute atomic E-state index is 0.00995. The third kappa shape index (κ3) is 4.44. The highest BCUT2D eigenvalue weighted by Gasteiger charge is 2.14. The SMILES string of the molecule is CN(C)CCOC(c1ccccc1)c1ccc(Br)cc1. The average molecular weight is 334 g/mol. The van der Waals surface area contributed by atoms with Gasteiger partial charge in [-0.25, -0.2) is 0 Å². The summed E-state index contributed by atoms with van der Waals surface area (Å²) in [5.74, 6) is 0. The number of hydrogen-bond donors (Lipinski definition) is 0. The zero-order valence-corrected chi connectivity index (χ0v) is 13.5. The average Bonchev–Trinajstić information content (AvgIpc) is 2.46. The number of halogens is 1. The van der Waals surface area contributed by atoms with Gasteiger partial charge < -0.3 is 9.64 Å². The van der Waals surface area contributed by atoms with Gasteiger partial charge in [-0.05, 0) is 37.4 Å². The van der Waals surface area contributed by atoms with Gasteiger partial charge in [-0.2, -0.15) is 0 Å². The van der Waals surface area contributed by atoms with Crippen LogP contribution in [0.2, 0.25) is 0 Å². The highest BCUT2D eigenvalue weighted by atomic mass is 79.9. The molecular weight excluding hydrogens is 314 g/mol. The fourth-order valence-electron chi connectivity index (χ4n) is 2.00. The maximum absolute atomic E-state index is 6.11. The van der Waals surface area contributed by atoms with Crippen molar-refractivity contribution < 1.29 is 4.74 Å². The Morgan fingerprint density at radius 1 is 0.950 bits per heavy atom. The van der Waals surface area contributed by atoms with E-state index < -0.39 is 0 Å². The van der Waals surface area contributed by atoms with E-state index in [4.69, 9.17) is 4.74 Å². The first-order valence-corrected chi connectivity index (χ1v) is 7.53. The molecule has 0 aliphatic rings. The molecule has 0 saturated carbocycles. The van der Waals surface area contributed by atoms with Crippen LogP contribution >= 0.6 is 15.9 Å². The van der Waals surface area contributed by atoms with Crippen LogP contribution in [-0.4, -0.2) is 32.1 Å². The zero-order chi connectivity index (χ0) is 14.4. The minimum atomic E-state index is -0.00995. The molecule has 2 nitrogen and oxygen atoms in total. The summed E-state index contributed by atoms with van der Waals surface area (Å²) < 4.78 is 7.19. The molecule has 3 heteroatoms. The lowest BCUT2D eigenvalue weighted by molar-refractivity contribution is 0.0687. The highest BCUT2D eigenvalue weighted by Crippen LogP contribution is 2.27. The molecule has 0 N–H and O–H groups in total. The topological polar surface area (TPSA) is 12.5 Å². The van der Waals surface area contributed by atoms with Crippen molar-refractivity contribution in [3.63, 3.8) is 0 Å². The summed E-state index contributed by atoms with van der Waals surface area (Å²) in [6.07, 6.45) is -0.00995. The Balaban J connectivity index is 2.18. The van der Waals surface area contributed by atoms with Crippen LogP contribution in [0.5, 0.6) is 0 Å². The summed E-state index contributed by atoms with van der Waals surface area (Å²) in [5.41, 5.74) is 2.37. The van der Waals surface area contributed by atoms with E-state index in [1.807, 2.05) is 6.07 Å². The van der Waals surface area contributed by atoms with Gasteiger partial charge in [-0.1, -0.05) is 58.4 Å². The molecule has 0 saturated heterocycles. The first kappa shape index (κ1) is 15.2. The van der Waals surface area contributed by atoms with Crippen LogP contribution in [0.3, 0.4) is 0 Å². The first-order chi connectivity index (χ1) is 9.66. The fourth-order valence-corrected chi connectivity index (χ4v) is 2.27. The second kappa shape index (κ2) is 7.58. The molecule has 2 rings (SSSR count). The van der Waals surface area contributed by atoms with Crippen molar-refractivity contribution in [3.05, 3.63) is 70.2 Å². The molecule has 0 amide bonds. The lowest BCUT2D eigenvalue weighted by Gasteiger charge is -2.20. The van der Waals surface area contributed by atoms with Crippen molar-refractivity contribution in [2.24, 2.45) is 0 Å². The molecule has 0 spiro atoms. The smallest absolute Gasteiger partial charge is 0.108 e. The van der Waals surface area contributed by atoms with E-state index in [1.54, 1.807) is 0 Å². The first-order valence-electron chi connectivity index (χ1n) is 6.73.